The highest BCUT2D eigenvalue weighted by atomic mass is 14.7. The van der Waals surface area contributed by atoms with Gasteiger partial charge in [-0.2, -0.15) is 0 Å². The van der Waals surface area contributed by atoms with Crippen molar-refractivity contribution < 1.29 is 0 Å². The van der Waals surface area contributed by atoms with Gasteiger partial charge >= 0.3 is 0 Å². The van der Waals surface area contributed by atoms with E-state index in [1.165, 1.54) is 43.2 Å². The number of rotatable bonds is 3. The van der Waals surface area contributed by atoms with Gasteiger partial charge in [0.1, 0.15) is 0 Å². The molecule has 0 bridgehead atoms. The van der Waals surface area contributed by atoms with E-state index in [2.05, 4.69) is 38.1 Å². The van der Waals surface area contributed by atoms with Crippen molar-refractivity contribution in [3.05, 3.63) is 35.4 Å². The predicted molar refractivity (Wildman–Crippen MR) is 73.9 cm³/mol. The minimum Gasteiger partial charge on any atom is -0.324 e. The second kappa shape index (κ2) is 5.68. The van der Waals surface area contributed by atoms with Crippen LogP contribution in [0.2, 0.25) is 0 Å². The van der Waals surface area contributed by atoms with Crippen LogP contribution in [-0.2, 0) is 6.42 Å². The SMILES string of the molecule is CCC(C)CC1CCCc2ccccc2C1N. The Morgan fingerprint density at radius 1 is 1.35 bits per heavy atom. The molecule has 0 aliphatic heterocycles. The molecule has 0 aromatic heterocycles. The summed E-state index contributed by atoms with van der Waals surface area (Å²) in [4.78, 5) is 0. The van der Waals surface area contributed by atoms with Gasteiger partial charge in [0.15, 0.2) is 0 Å². The van der Waals surface area contributed by atoms with Gasteiger partial charge in [0.25, 0.3) is 0 Å². The van der Waals surface area contributed by atoms with Gasteiger partial charge in [-0.1, -0.05) is 44.5 Å². The van der Waals surface area contributed by atoms with Gasteiger partial charge in [0.05, 0.1) is 0 Å². The van der Waals surface area contributed by atoms with Gasteiger partial charge in [-0.05, 0) is 48.6 Å². The minimum absolute atomic E-state index is 0.252. The van der Waals surface area contributed by atoms with Crippen molar-refractivity contribution in [2.45, 2.75) is 52.0 Å². The van der Waals surface area contributed by atoms with Gasteiger partial charge < -0.3 is 5.73 Å². The Bertz CT molecular complexity index is 358. The van der Waals surface area contributed by atoms with E-state index in [0.29, 0.717) is 5.92 Å². The molecule has 0 heterocycles. The Morgan fingerprint density at radius 2 is 2.12 bits per heavy atom. The van der Waals surface area contributed by atoms with E-state index in [1.54, 1.807) is 0 Å². The van der Waals surface area contributed by atoms with Crippen LogP contribution in [-0.4, -0.2) is 0 Å². The molecule has 0 radical (unpaired) electrons. The van der Waals surface area contributed by atoms with Crippen LogP contribution in [0.15, 0.2) is 24.3 Å². The fourth-order valence-corrected chi connectivity index (χ4v) is 3.02. The highest BCUT2D eigenvalue weighted by Crippen LogP contribution is 2.35. The number of hydrogen-bond donors (Lipinski definition) is 1. The zero-order valence-electron chi connectivity index (χ0n) is 11.2. The first kappa shape index (κ1) is 12.6. The lowest BCUT2D eigenvalue weighted by atomic mass is 9.84. The summed E-state index contributed by atoms with van der Waals surface area (Å²) in [5, 5.41) is 0. The third kappa shape index (κ3) is 2.90. The molecule has 0 amide bonds. The number of benzene rings is 1. The van der Waals surface area contributed by atoms with E-state index in [4.69, 9.17) is 5.73 Å². The molecule has 1 aliphatic rings. The molecule has 0 fully saturated rings. The van der Waals surface area contributed by atoms with Crippen molar-refractivity contribution in [1.82, 2.24) is 0 Å². The smallest absolute Gasteiger partial charge is 0.0326 e. The first-order chi connectivity index (χ1) is 8.22. The maximum atomic E-state index is 6.49. The highest BCUT2D eigenvalue weighted by molar-refractivity contribution is 5.31. The molecule has 17 heavy (non-hydrogen) atoms. The molecule has 94 valence electrons. The summed E-state index contributed by atoms with van der Waals surface area (Å²) in [6.45, 7) is 4.63. The molecule has 0 saturated heterocycles. The van der Waals surface area contributed by atoms with Crippen molar-refractivity contribution in [3.8, 4) is 0 Å². The largest absolute Gasteiger partial charge is 0.324 e. The first-order valence-electron chi connectivity index (χ1n) is 7.05. The molecule has 3 unspecified atom stereocenters. The monoisotopic (exact) mass is 231 g/mol. The van der Waals surface area contributed by atoms with Crippen LogP contribution in [0, 0.1) is 11.8 Å². The molecule has 0 saturated carbocycles. The van der Waals surface area contributed by atoms with E-state index in [1.807, 2.05) is 0 Å². The molecule has 1 aromatic rings. The number of hydrogen-bond acceptors (Lipinski definition) is 1. The van der Waals surface area contributed by atoms with E-state index >= 15 is 0 Å². The molecule has 2 rings (SSSR count). The van der Waals surface area contributed by atoms with Crippen molar-refractivity contribution in [2.24, 2.45) is 17.6 Å². The topological polar surface area (TPSA) is 26.0 Å². The summed E-state index contributed by atoms with van der Waals surface area (Å²) in [6, 6.07) is 9.00. The standard InChI is InChI=1S/C16H25N/c1-3-12(2)11-14-9-6-8-13-7-4-5-10-15(13)16(14)17/h4-5,7,10,12,14,16H,3,6,8-9,11,17H2,1-2H3. The molecule has 1 nitrogen and oxygen atoms in total. The summed E-state index contributed by atoms with van der Waals surface area (Å²) >= 11 is 0. The zero-order valence-corrected chi connectivity index (χ0v) is 11.2. The van der Waals surface area contributed by atoms with Crippen molar-refractivity contribution in [2.75, 3.05) is 0 Å². The second-order valence-corrected chi connectivity index (χ2v) is 5.63. The predicted octanol–water partition coefficient (Wildman–Crippen LogP) is 4.08. The zero-order chi connectivity index (χ0) is 12.3. The lowest BCUT2D eigenvalue weighted by molar-refractivity contribution is 0.316. The lowest BCUT2D eigenvalue weighted by Crippen LogP contribution is -2.22. The van der Waals surface area contributed by atoms with Gasteiger partial charge in [0.2, 0.25) is 0 Å². The van der Waals surface area contributed by atoms with E-state index < -0.39 is 0 Å². The molecule has 2 N–H and O–H groups in total. The molecule has 1 heteroatoms. The van der Waals surface area contributed by atoms with Crippen LogP contribution >= 0.6 is 0 Å². The fourth-order valence-electron chi connectivity index (χ4n) is 3.02. The molecular formula is C16H25N. The third-order valence-corrected chi connectivity index (χ3v) is 4.35. The van der Waals surface area contributed by atoms with Crippen LogP contribution in [0.5, 0.6) is 0 Å². The summed E-state index contributed by atoms with van der Waals surface area (Å²) in [5.41, 5.74) is 9.37. The summed E-state index contributed by atoms with van der Waals surface area (Å²) in [7, 11) is 0. The molecule has 3 atom stereocenters. The Balaban J connectivity index is 2.17. The molecule has 1 aromatic carbocycles. The normalized spacial score (nSPS) is 26.1. The average molecular weight is 231 g/mol. The van der Waals surface area contributed by atoms with Crippen molar-refractivity contribution >= 4 is 0 Å². The van der Waals surface area contributed by atoms with E-state index in [0.717, 1.165) is 5.92 Å². The van der Waals surface area contributed by atoms with Crippen LogP contribution in [0.1, 0.15) is 56.7 Å². The molecule has 1 aliphatic carbocycles. The summed E-state index contributed by atoms with van der Waals surface area (Å²) in [5.74, 6) is 1.48. The Morgan fingerprint density at radius 3 is 2.88 bits per heavy atom. The Kier molecular flexibility index (Phi) is 4.22. The van der Waals surface area contributed by atoms with Gasteiger partial charge in [-0.15, -0.1) is 0 Å². The summed E-state index contributed by atoms with van der Waals surface area (Å²) < 4.78 is 0. The molecule has 0 spiro atoms. The molecular weight excluding hydrogens is 206 g/mol. The second-order valence-electron chi connectivity index (χ2n) is 5.63. The van der Waals surface area contributed by atoms with Gasteiger partial charge in [0, 0.05) is 6.04 Å². The summed E-state index contributed by atoms with van der Waals surface area (Å²) in [6.07, 6.45) is 6.35. The maximum absolute atomic E-state index is 6.49. The van der Waals surface area contributed by atoms with Gasteiger partial charge in [-0.25, -0.2) is 0 Å². The maximum Gasteiger partial charge on any atom is 0.0326 e. The third-order valence-electron chi connectivity index (χ3n) is 4.35. The van der Waals surface area contributed by atoms with E-state index in [-0.39, 0.29) is 6.04 Å². The van der Waals surface area contributed by atoms with Crippen molar-refractivity contribution in [3.63, 3.8) is 0 Å². The van der Waals surface area contributed by atoms with Gasteiger partial charge in [-0.3, -0.25) is 0 Å². The Hall–Kier alpha value is -0.820. The van der Waals surface area contributed by atoms with Crippen LogP contribution in [0.3, 0.4) is 0 Å². The minimum atomic E-state index is 0.252. The van der Waals surface area contributed by atoms with Crippen molar-refractivity contribution in [1.29, 1.82) is 0 Å². The number of nitrogens with two attached hydrogens (primary N) is 1. The number of aryl methyl sites for hydroxylation is 1. The first-order valence-corrected chi connectivity index (χ1v) is 7.05. The van der Waals surface area contributed by atoms with E-state index in [9.17, 15) is 0 Å². The van der Waals surface area contributed by atoms with Crippen LogP contribution < -0.4 is 5.73 Å². The lowest BCUT2D eigenvalue weighted by Gasteiger charge is -2.25. The average Bonchev–Trinajstić information content (AvgIpc) is 2.51. The fraction of sp³-hybridized carbons (Fsp3) is 0.625. The Labute approximate surface area is 105 Å². The highest BCUT2D eigenvalue weighted by Gasteiger charge is 2.25. The van der Waals surface area contributed by atoms with Crippen LogP contribution in [0.4, 0.5) is 0 Å². The van der Waals surface area contributed by atoms with Crippen LogP contribution in [0.25, 0.3) is 0 Å². The number of fused-ring (bicyclic) bond motifs is 1. The quantitative estimate of drug-likeness (QED) is 0.779.